The molecule has 6 heteroatoms. The first-order valence-electron chi connectivity index (χ1n) is 6.71. The second kappa shape index (κ2) is 5.97. The van der Waals surface area contributed by atoms with Crippen LogP contribution in [-0.4, -0.2) is 53.7 Å². The number of amidine groups is 1. The Bertz CT molecular complexity index is 437. The monoisotopic (exact) mass is 262 g/mol. The highest BCUT2D eigenvalue weighted by atomic mass is 15.3. The van der Waals surface area contributed by atoms with Gasteiger partial charge in [0.15, 0.2) is 5.82 Å². The Hall–Kier alpha value is -1.69. The lowest BCUT2D eigenvalue weighted by molar-refractivity contribution is 0.230. The minimum absolute atomic E-state index is 0.0505. The Balaban J connectivity index is 2.04. The average Bonchev–Trinajstić information content (AvgIpc) is 2.39. The van der Waals surface area contributed by atoms with Crippen molar-refractivity contribution in [3.8, 4) is 0 Å². The molecule has 1 fully saturated rings. The largest absolute Gasteiger partial charge is 0.384 e. The summed E-state index contributed by atoms with van der Waals surface area (Å²) in [5.41, 5.74) is 6.27. The summed E-state index contributed by atoms with van der Waals surface area (Å²) in [5, 5.41) is 15.7. The molecule has 0 aliphatic carbocycles. The van der Waals surface area contributed by atoms with Crippen molar-refractivity contribution in [2.75, 3.05) is 37.6 Å². The van der Waals surface area contributed by atoms with Gasteiger partial charge in [-0.2, -0.15) is 5.10 Å². The molecule has 0 amide bonds. The number of nitrogens with one attached hydrogen (secondary N) is 1. The van der Waals surface area contributed by atoms with Crippen LogP contribution in [-0.2, 0) is 0 Å². The van der Waals surface area contributed by atoms with E-state index in [-0.39, 0.29) is 5.84 Å². The molecule has 2 rings (SSSR count). The lowest BCUT2D eigenvalue weighted by Gasteiger charge is -2.36. The Kier molecular flexibility index (Phi) is 4.31. The summed E-state index contributed by atoms with van der Waals surface area (Å²) in [6.07, 6.45) is 1.58. The molecule has 6 nitrogen and oxygen atoms in total. The molecule has 104 valence electrons. The van der Waals surface area contributed by atoms with Gasteiger partial charge in [-0.05, 0) is 12.0 Å². The molecule has 1 aromatic rings. The summed E-state index contributed by atoms with van der Waals surface area (Å²) >= 11 is 0. The number of piperazine rings is 1. The van der Waals surface area contributed by atoms with E-state index in [0.717, 1.165) is 38.5 Å². The summed E-state index contributed by atoms with van der Waals surface area (Å²) in [4.78, 5) is 4.63. The highest BCUT2D eigenvalue weighted by molar-refractivity contribution is 5.99. The molecule has 3 N–H and O–H groups in total. The Morgan fingerprint density at radius 2 is 2.05 bits per heavy atom. The fourth-order valence-corrected chi connectivity index (χ4v) is 2.43. The number of rotatable bonds is 4. The zero-order valence-electron chi connectivity index (χ0n) is 11.6. The number of aromatic nitrogens is 2. The van der Waals surface area contributed by atoms with E-state index in [4.69, 9.17) is 11.1 Å². The van der Waals surface area contributed by atoms with Crippen molar-refractivity contribution in [3.63, 3.8) is 0 Å². The first kappa shape index (κ1) is 13.7. The van der Waals surface area contributed by atoms with Crippen molar-refractivity contribution in [3.05, 3.63) is 17.8 Å². The molecule has 1 aliphatic rings. The standard InChI is InChI=1S/C13H22N6/c1-10(2)9-18-5-7-19(8-6-18)13-11(12(14)15)3-4-16-17-13/h3-4,10H,5-9H2,1-2H3,(H3,14,15). The van der Waals surface area contributed by atoms with Crippen LogP contribution in [0.1, 0.15) is 19.4 Å². The van der Waals surface area contributed by atoms with Crippen LogP contribution < -0.4 is 10.6 Å². The molecule has 0 spiro atoms. The van der Waals surface area contributed by atoms with Gasteiger partial charge in [0.25, 0.3) is 0 Å². The van der Waals surface area contributed by atoms with Crippen LogP contribution in [0.2, 0.25) is 0 Å². The van der Waals surface area contributed by atoms with Crippen molar-refractivity contribution in [2.24, 2.45) is 11.7 Å². The van der Waals surface area contributed by atoms with Crippen molar-refractivity contribution in [1.82, 2.24) is 15.1 Å². The van der Waals surface area contributed by atoms with Gasteiger partial charge in [0, 0.05) is 32.7 Å². The Morgan fingerprint density at radius 3 is 2.63 bits per heavy atom. The molecule has 0 unspecified atom stereocenters. The lowest BCUT2D eigenvalue weighted by Crippen LogP contribution is -2.48. The molecule has 0 aromatic carbocycles. The second-order valence-corrected chi connectivity index (χ2v) is 5.36. The third-order valence-electron chi connectivity index (χ3n) is 3.29. The van der Waals surface area contributed by atoms with Crippen LogP contribution >= 0.6 is 0 Å². The third-order valence-corrected chi connectivity index (χ3v) is 3.29. The molecule has 1 aliphatic heterocycles. The van der Waals surface area contributed by atoms with Crippen molar-refractivity contribution < 1.29 is 0 Å². The quantitative estimate of drug-likeness (QED) is 0.611. The van der Waals surface area contributed by atoms with Gasteiger partial charge in [0.2, 0.25) is 0 Å². The molecule has 0 saturated carbocycles. The molecular formula is C13H22N6. The lowest BCUT2D eigenvalue weighted by atomic mass is 10.2. The first-order chi connectivity index (χ1) is 9.08. The predicted octanol–water partition coefficient (Wildman–Crippen LogP) is 0.539. The van der Waals surface area contributed by atoms with Gasteiger partial charge in [-0.3, -0.25) is 10.3 Å². The van der Waals surface area contributed by atoms with Crippen molar-refractivity contribution >= 4 is 11.7 Å². The number of hydrogen-bond acceptors (Lipinski definition) is 5. The highest BCUT2D eigenvalue weighted by Gasteiger charge is 2.21. The predicted molar refractivity (Wildman–Crippen MR) is 76.5 cm³/mol. The molecule has 0 radical (unpaired) electrons. The van der Waals surface area contributed by atoms with E-state index in [1.165, 1.54) is 0 Å². The van der Waals surface area contributed by atoms with E-state index in [2.05, 4.69) is 33.8 Å². The van der Waals surface area contributed by atoms with Gasteiger partial charge in [-0.25, -0.2) is 0 Å². The van der Waals surface area contributed by atoms with Gasteiger partial charge in [0.1, 0.15) is 5.84 Å². The average molecular weight is 262 g/mol. The molecule has 1 aromatic heterocycles. The van der Waals surface area contributed by atoms with Crippen LogP contribution in [0.15, 0.2) is 12.3 Å². The van der Waals surface area contributed by atoms with Crippen LogP contribution in [0.4, 0.5) is 5.82 Å². The van der Waals surface area contributed by atoms with Gasteiger partial charge in [0.05, 0.1) is 11.8 Å². The molecular weight excluding hydrogens is 240 g/mol. The number of nitrogens with zero attached hydrogens (tertiary/aromatic N) is 4. The van der Waals surface area contributed by atoms with E-state index in [1.54, 1.807) is 12.3 Å². The maximum absolute atomic E-state index is 7.60. The Labute approximate surface area is 114 Å². The van der Waals surface area contributed by atoms with E-state index < -0.39 is 0 Å². The third kappa shape index (κ3) is 3.41. The van der Waals surface area contributed by atoms with E-state index in [1.807, 2.05) is 0 Å². The maximum atomic E-state index is 7.60. The zero-order valence-corrected chi connectivity index (χ0v) is 11.6. The van der Waals surface area contributed by atoms with Gasteiger partial charge >= 0.3 is 0 Å². The number of anilines is 1. The van der Waals surface area contributed by atoms with Crippen LogP contribution in [0.25, 0.3) is 0 Å². The number of hydrogen-bond donors (Lipinski definition) is 2. The van der Waals surface area contributed by atoms with E-state index >= 15 is 0 Å². The normalized spacial score (nSPS) is 16.9. The van der Waals surface area contributed by atoms with E-state index in [9.17, 15) is 0 Å². The fourth-order valence-electron chi connectivity index (χ4n) is 2.43. The Morgan fingerprint density at radius 1 is 1.37 bits per heavy atom. The molecule has 19 heavy (non-hydrogen) atoms. The topological polar surface area (TPSA) is 82.1 Å². The van der Waals surface area contributed by atoms with Crippen molar-refractivity contribution in [1.29, 1.82) is 5.41 Å². The molecule has 1 saturated heterocycles. The molecule has 2 heterocycles. The summed E-state index contributed by atoms with van der Waals surface area (Å²) in [5.74, 6) is 1.48. The molecule has 0 bridgehead atoms. The van der Waals surface area contributed by atoms with Crippen LogP contribution in [0.5, 0.6) is 0 Å². The van der Waals surface area contributed by atoms with Gasteiger partial charge in [-0.15, -0.1) is 5.10 Å². The summed E-state index contributed by atoms with van der Waals surface area (Å²) in [7, 11) is 0. The molecule has 0 atom stereocenters. The van der Waals surface area contributed by atoms with Crippen LogP contribution in [0, 0.1) is 11.3 Å². The van der Waals surface area contributed by atoms with Gasteiger partial charge in [-0.1, -0.05) is 13.8 Å². The minimum atomic E-state index is 0.0505. The number of nitrogens with two attached hydrogens (primary N) is 1. The van der Waals surface area contributed by atoms with Crippen molar-refractivity contribution in [2.45, 2.75) is 13.8 Å². The maximum Gasteiger partial charge on any atom is 0.162 e. The minimum Gasteiger partial charge on any atom is -0.384 e. The SMILES string of the molecule is CC(C)CN1CCN(c2nnccc2C(=N)N)CC1. The van der Waals surface area contributed by atoms with Gasteiger partial charge < -0.3 is 10.6 Å². The summed E-state index contributed by atoms with van der Waals surface area (Å²) < 4.78 is 0. The highest BCUT2D eigenvalue weighted by Crippen LogP contribution is 2.17. The summed E-state index contributed by atoms with van der Waals surface area (Å²) in [6.45, 7) is 9.47. The fraction of sp³-hybridized carbons (Fsp3) is 0.615. The zero-order chi connectivity index (χ0) is 13.8. The second-order valence-electron chi connectivity index (χ2n) is 5.36. The van der Waals surface area contributed by atoms with E-state index in [0.29, 0.717) is 11.5 Å². The smallest absolute Gasteiger partial charge is 0.162 e. The number of nitrogen functional groups attached to an aromatic ring is 1. The summed E-state index contributed by atoms with van der Waals surface area (Å²) in [6, 6.07) is 1.76. The van der Waals surface area contributed by atoms with Crippen LogP contribution in [0.3, 0.4) is 0 Å². The first-order valence-corrected chi connectivity index (χ1v) is 6.71.